The number of benzene rings is 2. The summed E-state index contributed by atoms with van der Waals surface area (Å²) >= 11 is 0. The van der Waals surface area contributed by atoms with Gasteiger partial charge in [-0.25, -0.2) is 4.98 Å². The van der Waals surface area contributed by atoms with Gasteiger partial charge in [0.15, 0.2) is 0 Å². The summed E-state index contributed by atoms with van der Waals surface area (Å²) in [6.07, 6.45) is 3.89. The van der Waals surface area contributed by atoms with Crippen LogP contribution in [-0.2, 0) is 6.54 Å². The molecule has 0 unspecified atom stereocenters. The largest absolute Gasteiger partial charge is 0.496 e. The second-order valence-corrected chi connectivity index (χ2v) is 5.86. The Balaban J connectivity index is 1.68. The van der Waals surface area contributed by atoms with E-state index in [0.29, 0.717) is 0 Å². The van der Waals surface area contributed by atoms with Gasteiger partial charge in [0.1, 0.15) is 11.4 Å². The molecule has 2 aromatic heterocycles. The molecule has 2 heterocycles. The first-order chi connectivity index (χ1) is 12.3. The minimum absolute atomic E-state index is 0.726. The van der Waals surface area contributed by atoms with E-state index in [9.17, 15) is 0 Å². The van der Waals surface area contributed by atoms with Crippen LogP contribution in [0, 0.1) is 0 Å². The fourth-order valence-corrected chi connectivity index (χ4v) is 2.99. The number of aromatic nitrogens is 2. The number of methoxy groups -OCH3 is 1. The third-order valence-corrected chi connectivity index (χ3v) is 4.26. The Labute approximate surface area is 146 Å². The van der Waals surface area contributed by atoms with Crippen molar-refractivity contribution >= 4 is 16.7 Å². The van der Waals surface area contributed by atoms with Crippen molar-refractivity contribution in [2.45, 2.75) is 6.54 Å². The number of nitrogens with one attached hydrogen (secondary N) is 2. The van der Waals surface area contributed by atoms with E-state index in [1.165, 1.54) is 0 Å². The van der Waals surface area contributed by atoms with Crippen molar-refractivity contribution in [3.63, 3.8) is 0 Å². The molecular weight excluding hydrogens is 310 g/mol. The summed E-state index contributed by atoms with van der Waals surface area (Å²) in [7, 11) is 1.70. The number of hydrogen-bond donors (Lipinski definition) is 2. The van der Waals surface area contributed by atoms with Crippen molar-refractivity contribution in [3.05, 3.63) is 78.6 Å². The summed E-state index contributed by atoms with van der Waals surface area (Å²) < 4.78 is 5.51. The number of fused-ring (bicyclic) bond motifs is 1. The molecule has 4 aromatic rings. The number of ether oxygens (including phenoxy) is 1. The quantitative estimate of drug-likeness (QED) is 0.550. The van der Waals surface area contributed by atoms with Crippen molar-refractivity contribution in [2.24, 2.45) is 0 Å². The van der Waals surface area contributed by atoms with E-state index >= 15 is 0 Å². The van der Waals surface area contributed by atoms with Gasteiger partial charge in [-0.15, -0.1) is 0 Å². The molecule has 0 saturated carbocycles. The van der Waals surface area contributed by atoms with Gasteiger partial charge in [-0.05, 0) is 29.8 Å². The molecule has 0 bridgehead atoms. The molecule has 0 radical (unpaired) electrons. The van der Waals surface area contributed by atoms with Gasteiger partial charge in [0, 0.05) is 41.1 Å². The zero-order valence-electron chi connectivity index (χ0n) is 14.0. The molecule has 25 heavy (non-hydrogen) atoms. The lowest BCUT2D eigenvalue weighted by Gasteiger charge is -2.08. The van der Waals surface area contributed by atoms with Gasteiger partial charge in [0.05, 0.1) is 7.11 Å². The fourth-order valence-electron chi connectivity index (χ4n) is 2.99. The highest BCUT2D eigenvalue weighted by Crippen LogP contribution is 2.34. The van der Waals surface area contributed by atoms with E-state index in [-0.39, 0.29) is 0 Å². The maximum Gasteiger partial charge on any atom is 0.137 e. The molecule has 0 aliphatic rings. The number of rotatable bonds is 5. The molecule has 0 amide bonds. The molecule has 4 nitrogen and oxygen atoms in total. The van der Waals surface area contributed by atoms with Crippen LogP contribution in [0.2, 0.25) is 0 Å². The lowest BCUT2D eigenvalue weighted by atomic mass is 10.0. The molecule has 0 aliphatic carbocycles. The molecular formula is C21H19N3O. The Kier molecular flexibility index (Phi) is 4.09. The molecule has 0 aliphatic heterocycles. The third kappa shape index (κ3) is 3.06. The van der Waals surface area contributed by atoms with Crippen LogP contribution in [0.3, 0.4) is 0 Å². The molecule has 0 spiro atoms. The molecule has 124 valence electrons. The van der Waals surface area contributed by atoms with Gasteiger partial charge < -0.3 is 15.0 Å². The van der Waals surface area contributed by atoms with E-state index in [4.69, 9.17) is 4.74 Å². The maximum absolute atomic E-state index is 5.51. The van der Waals surface area contributed by atoms with Crippen LogP contribution in [-0.4, -0.2) is 17.1 Å². The summed E-state index contributed by atoms with van der Waals surface area (Å²) in [5, 5.41) is 4.52. The molecule has 4 rings (SSSR count). The Hall–Kier alpha value is -3.27. The predicted molar refractivity (Wildman–Crippen MR) is 102 cm³/mol. The molecule has 2 N–H and O–H groups in total. The summed E-state index contributed by atoms with van der Waals surface area (Å²) in [6.45, 7) is 0.726. The summed E-state index contributed by atoms with van der Waals surface area (Å²) in [5.41, 5.74) is 5.27. The van der Waals surface area contributed by atoms with Gasteiger partial charge in [-0.3, -0.25) is 0 Å². The van der Waals surface area contributed by atoms with Gasteiger partial charge >= 0.3 is 0 Å². The van der Waals surface area contributed by atoms with Crippen LogP contribution in [0.15, 0.2) is 73.1 Å². The smallest absolute Gasteiger partial charge is 0.137 e. The average molecular weight is 329 g/mol. The van der Waals surface area contributed by atoms with Crippen molar-refractivity contribution < 1.29 is 4.74 Å². The highest BCUT2D eigenvalue weighted by molar-refractivity contribution is 5.95. The molecule has 0 saturated heterocycles. The molecule has 0 atom stereocenters. The highest BCUT2D eigenvalue weighted by atomic mass is 16.5. The van der Waals surface area contributed by atoms with Crippen molar-refractivity contribution in [1.29, 1.82) is 0 Å². The summed E-state index contributed by atoms with van der Waals surface area (Å²) in [5.74, 6) is 0.858. The van der Waals surface area contributed by atoms with Crippen LogP contribution < -0.4 is 10.1 Å². The first-order valence-corrected chi connectivity index (χ1v) is 8.23. The minimum Gasteiger partial charge on any atom is -0.496 e. The molecule has 4 heteroatoms. The summed E-state index contributed by atoms with van der Waals surface area (Å²) in [4.78, 5) is 7.81. The van der Waals surface area contributed by atoms with Crippen LogP contribution in [0.1, 0.15) is 5.56 Å². The maximum atomic E-state index is 5.51. The number of pyridine rings is 1. The third-order valence-electron chi connectivity index (χ3n) is 4.26. The number of hydrogen-bond acceptors (Lipinski definition) is 3. The first kappa shape index (κ1) is 15.3. The average Bonchev–Trinajstić information content (AvgIpc) is 3.10. The second-order valence-electron chi connectivity index (χ2n) is 5.86. The van der Waals surface area contributed by atoms with Gasteiger partial charge in [-0.1, -0.05) is 36.4 Å². The van der Waals surface area contributed by atoms with Crippen molar-refractivity contribution in [1.82, 2.24) is 9.97 Å². The minimum atomic E-state index is 0.726. The Morgan fingerprint density at radius 3 is 2.64 bits per heavy atom. The van der Waals surface area contributed by atoms with Crippen LogP contribution in [0.25, 0.3) is 22.2 Å². The fraction of sp³-hybridized carbons (Fsp3) is 0.0952. The zero-order valence-corrected chi connectivity index (χ0v) is 14.0. The number of anilines is 1. The summed E-state index contributed by atoms with van der Waals surface area (Å²) in [6, 6.07) is 20.4. The van der Waals surface area contributed by atoms with Crippen molar-refractivity contribution in [2.75, 3.05) is 12.4 Å². The highest BCUT2D eigenvalue weighted by Gasteiger charge is 2.11. The number of para-hydroxylation sites is 2. The standard InChI is InChI=1S/C21H19N3O/c1-25-20-10-6-5-9-17(20)19-14-24-21-18(19)11-15(13-23-21)12-22-16-7-3-2-4-8-16/h2-11,13-14,22H,12H2,1H3,(H,23,24). The van der Waals surface area contributed by atoms with E-state index in [1.807, 2.05) is 48.8 Å². The lowest BCUT2D eigenvalue weighted by Crippen LogP contribution is -1.99. The van der Waals surface area contributed by atoms with Crippen molar-refractivity contribution in [3.8, 4) is 16.9 Å². The Morgan fingerprint density at radius 1 is 1.00 bits per heavy atom. The molecule has 0 fully saturated rings. The Bertz CT molecular complexity index is 992. The number of nitrogens with zero attached hydrogens (tertiary/aromatic N) is 1. The monoisotopic (exact) mass is 329 g/mol. The van der Waals surface area contributed by atoms with Crippen LogP contribution >= 0.6 is 0 Å². The van der Waals surface area contributed by atoms with E-state index < -0.39 is 0 Å². The normalized spacial score (nSPS) is 10.8. The van der Waals surface area contributed by atoms with Crippen LogP contribution in [0.5, 0.6) is 5.75 Å². The van der Waals surface area contributed by atoms with E-state index in [0.717, 1.165) is 45.7 Å². The second kappa shape index (κ2) is 6.69. The molecule has 2 aromatic carbocycles. The SMILES string of the molecule is COc1ccccc1-c1c[nH]c2ncc(CNc3ccccc3)cc12. The van der Waals surface area contributed by atoms with Gasteiger partial charge in [0.25, 0.3) is 0 Å². The van der Waals surface area contributed by atoms with Gasteiger partial charge in [0.2, 0.25) is 0 Å². The first-order valence-electron chi connectivity index (χ1n) is 8.23. The Morgan fingerprint density at radius 2 is 1.80 bits per heavy atom. The van der Waals surface area contributed by atoms with E-state index in [1.54, 1.807) is 7.11 Å². The number of H-pyrrole nitrogens is 1. The van der Waals surface area contributed by atoms with Gasteiger partial charge in [-0.2, -0.15) is 0 Å². The van der Waals surface area contributed by atoms with Crippen LogP contribution in [0.4, 0.5) is 5.69 Å². The topological polar surface area (TPSA) is 49.9 Å². The zero-order chi connectivity index (χ0) is 17.1. The number of aromatic amines is 1. The van der Waals surface area contributed by atoms with E-state index in [2.05, 4.69) is 39.6 Å². The lowest BCUT2D eigenvalue weighted by molar-refractivity contribution is 0.416. The predicted octanol–water partition coefficient (Wildman–Crippen LogP) is 4.85.